The number of hydrogen-bond donors (Lipinski definition) is 1. The molecule has 0 rings (SSSR count). The van der Waals surface area contributed by atoms with E-state index in [-0.39, 0.29) is 0 Å². The summed E-state index contributed by atoms with van der Waals surface area (Å²) in [6.07, 6.45) is 2.58. The highest BCUT2D eigenvalue weighted by atomic mass is 15.1. The van der Waals surface area contributed by atoms with Crippen molar-refractivity contribution in [1.82, 2.24) is 15.1 Å². The van der Waals surface area contributed by atoms with E-state index in [1.54, 1.807) is 0 Å². The van der Waals surface area contributed by atoms with Gasteiger partial charge in [0.1, 0.15) is 0 Å². The first kappa shape index (κ1) is 14.9. The lowest BCUT2D eigenvalue weighted by atomic mass is 10.2. The molecule has 0 heterocycles. The number of unbranched alkanes of at least 4 members (excludes halogenated alkanes) is 1. The van der Waals surface area contributed by atoms with Crippen molar-refractivity contribution in [1.29, 1.82) is 0 Å². The Labute approximate surface area is 95.8 Å². The summed E-state index contributed by atoms with van der Waals surface area (Å²) >= 11 is 0. The van der Waals surface area contributed by atoms with Crippen molar-refractivity contribution in [2.45, 2.75) is 32.7 Å². The molecule has 15 heavy (non-hydrogen) atoms. The van der Waals surface area contributed by atoms with Gasteiger partial charge in [0.2, 0.25) is 0 Å². The zero-order valence-electron chi connectivity index (χ0n) is 11.2. The van der Waals surface area contributed by atoms with Gasteiger partial charge in [0.15, 0.2) is 0 Å². The van der Waals surface area contributed by atoms with Crippen LogP contribution in [-0.4, -0.2) is 63.2 Å². The molecule has 0 aromatic carbocycles. The van der Waals surface area contributed by atoms with Gasteiger partial charge >= 0.3 is 0 Å². The Morgan fingerprint density at radius 1 is 0.933 bits per heavy atom. The zero-order chi connectivity index (χ0) is 11.7. The summed E-state index contributed by atoms with van der Waals surface area (Å²) in [6.45, 7) is 9.09. The molecule has 0 atom stereocenters. The highest BCUT2D eigenvalue weighted by Crippen LogP contribution is 1.96. The summed E-state index contributed by atoms with van der Waals surface area (Å²) < 4.78 is 0. The maximum absolute atomic E-state index is 3.46. The van der Waals surface area contributed by atoms with Crippen LogP contribution in [0.15, 0.2) is 0 Å². The molecule has 0 aliphatic carbocycles. The fourth-order valence-electron chi connectivity index (χ4n) is 1.30. The third kappa shape index (κ3) is 10.2. The normalized spacial score (nSPS) is 12.0. The van der Waals surface area contributed by atoms with Gasteiger partial charge in [0.25, 0.3) is 0 Å². The van der Waals surface area contributed by atoms with Crippen LogP contribution in [-0.2, 0) is 0 Å². The van der Waals surface area contributed by atoms with Crippen LogP contribution in [0.5, 0.6) is 0 Å². The predicted molar refractivity (Wildman–Crippen MR) is 68.4 cm³/mol. The van der Waals surface area contributed by atoms with Crippen LogP contribution in [0.4, 0.5) is 0 Å². The maximum Gasteiger partial charge on any atom is 0.0101 e. The molecule has 3 nitrogen and oxygen atoms in total. The van der Waals surface area contributed by atoms with E-state index in [2.05, 4.69) is 50.1 Å². The lowest BCUT2D eigenvalue weighted by Crippen LogP contribution is -2.29. The molecule has 3 heteroatoms. The fourth-order valence-corrected chi connectivity index (χ4v) is 1.30. The second kappa shape index (κ2) is 9.13. The first-order valence-corrected chi connectivity index (χ1v) is 6.09. The van der Waals surface area contributed by atoms with Crippen LogP contribution < -0.4 is 5.32 Å². The van der Waals surface area contributed by atoms with Crippen molar-refractivity contribution in [2.75, 3.05) is 47.3 Å². The SMILES string of the molecule is CC(C)N(C)CCCCNCCN(C)C. The standard InChI is InChI=1S/C12H29N3/c1-12(2)15(5)10-7-6-8-13-9-11-14(3)4/h12-13H,6-11H2,1-5H3. The minimum Gasteiger partial charge on any atom is -0.315 e. The average Bonchev–Trinajstić information content (AvgIpc) is 2.15. The molecule has 0 aromatic rings. The van der Waals surface area contributed by atoms with Crippen molar-refractivity contribution in [2.24, 2.45) is 0 Å². The van der Waals surface area contributed by atoms with Crippen LogP contribution in [0.3, 0.4) is 0 Å². The average molecular weight is 215 g/mol. The topological polar surface area (TPSA) is 18.5 Å². The summed E-state index contributed by atoms with van der Waals surface area (Å²) in [5, 5.41) is 3.46. The quantitative estimate of drug-likeness (QED) is 0.584. The van der Waals surface area contributed by atoms with E-state index >= 15 is 0 Å². The molecular formula is C12H29N3. The second-order valence-corrected chi connectivity index (χ2v) is 4.83. The van der Waals surface area contributed by atoms with Crippen LogP contribution in [0, 0.1) is 0 Å². The first-order chi connectivity index (χ1) is 7.04. The van der Waals surface area contributed by atoms with Gasteiger partial charge in [-0.2, -0.15) is 0 Å². The largest absolute Gasteiger partial charge is 0.315 e. The van der Waals surface area contributed by atoms with Crippen LogP contribution in [0.25, 0.3) is 0 Å². The number of rotatable bonds is 9. The van der Waals surface area contributed by atoms with E-state index < -0.39 is 0 Å². The van der Waals surface area contributed by atoms with Crippen molar-refractivity contribution in [3.63, 3.8) is 0 Å². The van der Waals surface area contributed by atoms with E-state index in [1.165, 1.54) is 19.4 Å². The molecule has 0 aromatic heterocycles. The Morgan fingerprint density at radius 2 is 1.60 bits per heavy atom. The van der Waals surface area contributed by atoms with Crippen LogP contribution in [0.1, 0.15) is 26.7 Å². The molecule has 0 saturated carbocycles. The van der Waals surface area contributed by atoms with Crippen LogP contribution in [0.2, 0.25) is 0 Å². The van der Waals surface area contributed by atoms with Gasteiger partial charge < -0.3 is 15.1 Å². The monoisotopic (exact) mass is 215 g/mol. The van der Waals surface area contributed by atoms with Crippen molar-refractivity contribution < 1.29 is 0 Å². The summed E-state index contributed by atoms with van der Waals surface area (Å²) in [5.74, 6) is 0. The summed E-state index contributed by atoms with van der Waals surface area (Å²) in [7, 11) is 6.42. The number of nitrogens with one attached hydrogen (secondary N) is 1. The lowest BCUT2D eigenvalue weighted by Gasteiger charge is -2.20. The smallest absolute Gasteiger partial charge is 0.0101 e. The molecule has 0 radical (unpaired) electrons. The van der Waals surface area contributed by atoms with E-state index in [9.17, 15) is 0 Å². The molecule has 92 valence electrons. The first-order valence-electron chi connectivity index (χ1n) is 6.09. The predicted octanol–water partition coefficient (Wildman–Crippen LogP) is 1.26. The molecule has 0 amide bonds. The second-order valence-electron chi connectivity index (χ2n) is 4.83. The maximum atomic E-state index is 3.46. The Hall–Kier alpha value is -0.120. The Bertz CT molecular complexity index is 135. The number of likely N-dealkylation sites (N-methyl/N-ethyl adjacent to an activating group) is 1. The van der Waals surface area contributed by atoms with E-state index in [0.717, 1.165) is 19.6 Å². The Balaban J connectivity index is 3.11. The molecule has 1 N–H and O–H groups in total. The van der Waals surface area contributed by atoms with Crippen molar-refractivity contribution >= 4 is 0 Å². The highest BCUT2D eigenvalue weighted by molar-refractivity contribution is 4.58. The molecule has 0 unspecified atom stereocenters. The minimum absolute atomic E-state index is 0.673. The Morgan fingerprint density at radius 3 is 2.13 bits per heavy atom. The van der Waals surface area contributed by atoms with Gasteiger partial charge in [0, 0.05) is 19.1 Å². The van der Waals surface area contributed by atoms with Gasteiger partial charge in [-0.05, 0) is 60.9 Å². The fraction of sp³-hybridized carbons (Fsp3) is 1.00. The van der Waals surface area contributed by atoms with Gasteiger partial charge in [-0.25, -0.2) is 0 Å². The lowest BCUT2D eigenvalue weighted by molar-refractivity contribution is 0.267. The van der Waals surface area contributed by atoms with Gasteiger partial charge in [-0.15, -0.1) is 0 Å². The molecular weight excluding hydrogens is 186 g/mol. The third-order valence-electron chi connectivity index (χ3n) is 2.73. The van der Waals surface area contributed by atoms with Gasteiger partial charge in [0.05, 0.1) is 0 Å². The molecule has 0 saturated heterocycles. The van der Waals surface area contributed by atoms with E-state index in [4.69, 9.17) is 0 Å². The van der Waals surface area contributed by atoms with Crippen LogP contribution >= 0.6 is 0 Å². The summed E-state index contributed by atoms with van der Waals surface area (Å²) in [5.41, 5.74) is 0. The third-order valence-corrected chi connectivity index (χ3v) is 2.73. The minimum atomic E-state index is 0.673. The number of hydrogen-bond acceptors (Lipinski definition) is 3. The van der Waals surface area contributed by atoms with Crippen molar-refractivity contribution in [3.05, 3.63) is 0 Å². The zero-order valence-corrected chi connectivity index (χ0v) is 11.2. The van der Waals surface area contributed by atoms with Crippen molar-refractivity contribution in [3.8, 4) is 0 Å². The van der Waals surface area contributed by atoms with E-state index in [1.807, 2.05) is 0 Å². The molecule has 0 aliphatic heterocycles. The molecule has 0 spiro atoms. The molecule has 0 fully saturated rings. The summed E-state index contributed by atoms with van der Waals surface area (Å²) in [6, 6.07) is 0.673. The van der Waals surface area contributed by atoms with E-state index in [0.29, 0.717) is 6.04 Å². The highest BCUT2D eigenvalue weighted by Gasteiger charge is 2.01. The van der Waals surface area contributed by atoms with Gasteiger partial charge in [-0.1, -0.05) is 0 Å². The summed E-state index contributed by atoms with van der Waals surface area (Å²) in [4.78, 5) is 4.61. The Kier molecular flexibility index (Phi) is 9.06. The van der Waals surface area contributed by atoms with Gasteiger partial charge in [-0.3, -0.25) is 0 Å². The molecule has 0 aliphatic rings. The number of nitrogens with zero attached hydrogens (tertiary/aromatic N) is 2. The molecule has 0 bridgehead atoms.